The fraction of sp³-hybridized carbons (Fsp3) is 0.769. The Morgan fingerprint density at radius 3 is 2.55 bits per heavy atom. The molecule has 0 spiro atoms. The summed E-state index contributed by atoms with van der Waals surface area (Å²) in [6, 6.07) is 11.1. The van der Waals surface area contributed by atoms with Gasteiger partial charge in [0.05, 0.1) is 19.7 Å². The second kappa shape index (κ2) is 7.98. The molecule has 2 saturated heterocycles. The Morgan fingerprint density at radius 2 is 1.83 bits per heavy atom. The van der Waals surface area contributed by atoms with Gasteiger partial charge in [-0.05, 0) is 61.7 Å². The average molecular weight is 399 g/mol. The predicted molar refractivity (Wildman–Crippen MR) is 116 cm³/mol. The highest BCUT2D eigenvalue weighted by atomic mass is 16.7. The van der Waals surface area contributed by atoms with Crippen LogP contribution in [0.25, 0.3) is 0 Å². The summed E-state index contributed by atoms with van der Waals surface area (Å²) in [4.78, 5) is 0. The van der Waals surface area contributed by atoms with Crippen LogP contribution in [0.5, 0.6) is 0 Å². The van der Waals surface area contributed by atoms with Crippen molar-refractivity contribution in [1.82, 2.24) is 0 Å². The molecule has 4 aliphatic rings. The Labute approximate surface area is 177 Å². The van der Waals surface area contributed by atoms with Crippen molar-refractivity contribution in [3.63, 3.8) is 0 Å². The topological polar surface area (TPSA) is 18.5 Å². The van der Waals surface area contributed by atoms with E-state index in [0.717, 1.165) is 43.9 Å². The molecule has 1 aromatic rings. The number of likely N-dealkylation sites (tertiary alicyclic amines) is 1. The van der Waals surface area contributed by atoms with Crippen molar-refractivity contribution in [2.45, 2.75) is 77.7 Å². The Balaban J connectivity index is 1.21. The van der Waals surface area contributed by atoms with Crippen LogP contribution in [0, 0.1) is 23.2 Å². The molecule has 0 N–H and O–H groups in total. The van der Waals surface area contributed by atoms with Crippen LogP contribution in [0.2, 0.25) is 0 Å². The lowest BCUT2D eigenvalue weighted by Gasteiger charge is -2.43. The first-order valence-electron chi connectivity index (χ1n) is 12.2. The monoisotopic (exact) mass is 398 g/mol. The lowest BCUT2D eigenvalue weighted by molar-refractivity contribution is -0.947. The molecule has 160 valence electrons. The summed E-state index contributed by atoms with van der Waals surface area (Å²) in [5.74, 6) is 2.63. The van der Waals surface area contributed by atoms with Crippen molar-refractivity contribution in [2.24, 2.45) is 23.2 Å². The van der Waals surface area contributed by atoms with Crippen LogP contribution in [-0.4, -0.2) is 43.1 Å². The number of hydrogen-bond acceptors (Lipinski definition) is 2. The zero-order valence-corrected chi connectivity index (χ0v) is 18.5. The van der Waals surface area contributed by atoms with Gasteiger partial charge in [-0.25, -0.2) is 0 Å². The quantitative estimate of drug-likeness (QED) is 0.598. The van der Waals surface area contributed by atoms with Gasteiger partial charge in [0.25, 0.3) is 0 Å². The van der Waals surface area contributed by atoms with Crippen molar-refractivity contribution >= 4 is 0 Å². The summed E-state index contributed by atoms with van der Waals surface area (Å²) in [6.07, 6.45) is 9.84. The van der Waals surface area contributed by atoms with Gasteiger partial charge in [-0.2, -0.15) is 0 Å². The molecule has 2 aliphatic heterocycles. The van der Waals surface area contributed by atoms with Gasteiger partial charge in [-0.15, -0.1) is 0 Å². The van der Waals surface area contributed by atoms with Crippen LogP contribution in [0.1, 0.15) is 64.4 Å². The van der Waals surface area contributed by atoms with E-state index in [-0.39, 0.29) is 12.4 Å². The SMILES string of the molecule is CC1(C)[C@H]2CC[C@@H](C2)[C@@H]1C[C@@H]1OC[C@H](C[N+]2(Cc3ccccc3)CCCCC2)O1. The normalized spacial score (nSPS) is 37.8. The summed E-state index contributed by atoms with van der Waals surface area (Å²) < 4.78 is 14.0. The van der Waals surface area contributed by atoms with E-state index in [1.165, 1.54) is 61.7 Å². The molecule has 5 rings (SSSR count). The Hall–Kier alpha value is -0.900. The minimum absolute atomic E-state index is 0.0326. The number of nitrogens with zero attached hydrogens (tertiary/aromatic N) is 1. The van der Waals surface area contributed by atoms with Gasteiger partial charge in [0, 0.05) is 12.0 Å². The van der Waals surface area contributed by atoms with Crippen LogP contribution in [0.4, 0.5) is 0 Å². The largest absolute Gasteiger partial charge is 0.350 e. The molecule has 4 fully saturated rings. The number of hydrogen-bond donors (Lipinski definition) is 0. The number of rotatable bonds is 6. The van der Waals surface area contributed by atoms with Gasteiger partial charge in [0.15, 0.2) is 6.29 Å². The summed E-state index contributed by atoms with van der Waals surface area (Å²) in [5, 5.41) is 0. The molecule has 0 radical (unpaired) electrons. The third-order valence-corrected chi connectivity index (χ3v) is 9.03. The summed E-state index contributed by atoms with van der Waals surface area (Å²) in [7, 11) is 0. The molecule has 0 unspecified atom stereocenters. The molecule has 3 heteroatoms. The molecule has 2 bridgehead atoms. The lowest BCUT2D eigenvalue weighted by atomic mass is 9.67. The highest BCUT2D eigenvalue weighted by Gasteiger charge is 2.53. The molecule has 0 aromatic heterocycles. The smallest absolute Gasteiger partial charge is 0.158 e. The van der Waals surface area contributed by atoms with E-state index in [0.29, 0.717) is 5.41 Å². The molecular formula is C26H40NO2+. The average Bonchev–Trinajstić information content (AvgIpc) is 3.41. The van der Waals surface area contributed by atoms with Crippen LogP contribution in [0.15, 0.2) is 30.3 Å². The Bertz CT molecular complexity index is 681. The molecule has 3 nitrogen and oxygen atoms in total. The number of benzene rings is 1. The third kappa shape index (κ3) is 4.03. The van der Waals surface area contributed by atoms with Crippen LogP contribution >= 0.6 is 0 Å². The van der Waals surface area contributed by atoms with Crippen molar-refractivity contribution in [1.29, 1.82) is 0 Å². The van der Waals surface area contributed by atoms with Crippen molar-refractivity contribution in [3.05, 3.63) is 35.9 Å². The number of ether oxygens (including phenoxy) is 2. The fourth-order valence-corrected chi connectivity index (χ4v) is 7.39. The van der Waals surface area contributed by atoms with Crippen LogP contribution in [-0.2, 0) is 16.0 Å². The van der Waals surface area contributed by atoms with Gasteiger partial charge in [0.1, 0.15) is 19.2 Å². The minimum atomic E-state index is 0.0326. The van der Waals surface area contributed by atoms with Crippen molar-refractivity contribution in [3.8, 4) is 0 Å². The molecule has 1 aromatic carbocycles. The second-order valence-corrected chi connectivity index (χ2v) is 11.1. The van der Waals surface area contributed by atoms with Gasteiger partial charge in [-0.3, -0.25) is 0 Å². The van der Waals surface area contributed by atoms with E-state index in [9.17, 15) is 0 Å². The maximum Gasteiger partial charge on any atom is 0.158 e. The molecular weight excluding hydrogens is 358 g/mol. The molecule has 5 atom stereocenters. The van der Waals surface area contributed by atoms with Crippen molar-refractivity contribution < 1.29 is 14.0 Å². The standard InChI is InChI=1S/C26H40NO2/c1-26(2)22-12-11-21(15-22)24(26)16-25-28-19-23(29-25)18-27(13-7-4-8-14-27)17-20-9-5-3-6-10-20/h3,5-6,9-10,21-25H,4,7-8,11-19H2,1-2H3/q+1/t21-,22-,23-,24-,25+/m0/s1. The number of piperidine rings is 1. The minimum Gasteiger partial charge on any atom is -0.350 e. The molecule has 0 amide bonds. The maximum absolute atomic E-state index is 6.55. The zero-order chi connectivity index (χ0) is 19.9. The van der Waals surface area contributed by atoms with Crippen LogP contribution in [0.3, 0.4) is 0 Å². The van der Waals surface area contributed by atoms with Crippen molar-refractivity contribution in [2.75, 3.05) is 26.2 Å². The predicted octanol–water partition coefficient (Wildman–Crippen LogP) is 5.39. The van der Waals surface area contributed by atoms with E-state index in [4.69, 9.17) is 9.47 Å². The second-order valence-electron chi connectivity index (χ2n) is 11.1. The molecule has 2 heterocycles. The first-order valence-corrected chi connectivity index (χ1v) is 12.2. The number of fused-ring (bicyclic) bond motifs is 2. The summed E-state index contributed by atoms with van der Waals surface area (Å²) in [5.41, 5.74) is 1.94. The van der Waals surface area contributed by atoms with E-state index in [1.807, 2.05) is 0 Å². The highest BCUT2D eigenvalue weighted by molar-refractivity contribution is 5.13. The highest BCUT2D eigenvalue weighted by Crippen LogP contribution is 2.60. The zero-order valence-electron chi connectivity index (χ0n) is 18.5. The number of quaternary nitrogens is 1. The van der Waals surface area contributed by atoms with Crippen LogP contribution < -0.4 is 0 Å². The Kier molecular flexibility index (Phi) is 5.51. The first-order chi connectivity index (χ1) is 14.0. The van der Waals surface area contributed by atoms with Gasteiger partial charge in [-0.1, -0.05) is 44.2 Å². The Morgan fingerprint density at radius 1 is 1.03 bits per heavy atom. The fourth-order valence-electron chi connectivity index (χ4n) is 7.39. The molecule has 29 heavy (non-hydrogen) atoms. The summed E-state index contributed by atoms with van der Waals surface area (Å²) >= 11 is 0. The van der Waals surface area contributed by atoms with E-state index < -0.39 is 0 Å². The van der Waals surface area contributed by atoms with Gasteiger partial charge < -0.3 is 14.0 Å². The molecule has 2 saturated carbocycles. The van der Waals surface area contributed by atoms with E-state index >= 15 is 0 Å². The maximum atomic E-state index is 6.55. The molecule has 2 aliphatic carbocycles. The third-order valence-electron chi connectivity index (χ3n) is 9.03. The van der Waals surface area contributed by atoms with E-state index in [2.05, 4.69) is 44.2 Å². The summed E-state index contributed by atoms with van der Waals surface area (Å²) in [6.45, 7) is 10.6. The first kappa shape index (κ1) is 20.0. The van der Waals surface area contributed by atoms with Gasteiger partial charge >= 0.3 is 0 Å². The van der Waals surface area contributed by atoms with Gasteiger partial charge in [0.2, 0.25) is 0 Å². The van der Waals surface area contributed by atoms with E-state index in [1.54, 1.807) is 0 Å². The lowest BCUT2D eigenvalue weighted by Crippen LogP contribution is -2.54.